The standard InChI is InChI=1S/C11H19NO4/c1-15-11(14)10(8-2-3-8)12-4-5-16-7-9(12)6-13/h8-10,13H,2-7H2,1H3. The summed E-state index contributed by atoms with van der Waals surface area (Å²) in [5, 5.41) is 9.29. The minimum Gasteiger partial charge on any atom is -0.468 e. The molecule has 2 unspecified atom stereocenters. The molecule has 2 atom stereocenters. The lowest BCUT2D eigenvalue weighted by atomic mass is 10.1. The van der Waals surface area contributed by atoms with Gasteiger partial charge in [0.25, 0.3) is 0 Å². The molecule has 0 aromatic heterocycles. The molecule has 1 saturated carbocycles. The van der Waals surface area contributed by atoms with Crippen molar-refractivity contribution in [2.24, 2.45) is 5.92 Å². The molecule has 0 amide bonds. The first-order valence-electron chi connectivity index (χ1n) is 5.80. The van der Waals surface area contributed by atoms with Crippen molar-refractivity contribution in [1.82, 2.24) is 4.90 Å². The summed E-state index contributed by atoms with van der Waals surface area (Å²) in [6.07, 6.45) is 2.16. The first kappa shape index (κ1) is 11.8. The monoisotopic (exact) mass is 229 g/mol. The second-order valence-electron chi connectivity index (χ2n) is 4.45. The van der Waals surface area contributed by atoms with Gasteiger partial charge in [-0.3, -0.25) is 9.69 Å². The van der Waals surface area contributed by atoms with Crippen molar-refractivity contribution in [3.63, 3.8) is 0 Å². The third-order valence-electron chi connectivity index (χ3n) is 3.35. The zero-order valence-electron chi connectivity index (χ0n) is 9.59. The summed E-state index contributed by atoms with van der Waals surface area (Å²) >= 11 is 0. The summed E-state index contributed by atoms with van der Waals surface area (Å²) in [7, 11) is 1.42. The number of esters is 1. The number of morpholine rings is 1. The predicted octanol–water partition coefficient (Wildman–Crippen LogP) is -0.369. The second-order valence-corrected chi connectivity index (χ2v) is 4.45. The van der Waals surface area contributed by atoms with Gasteiger partial charge in [-0.1, -0.05) is 0 Å². The van der Waals surface area contributed by atoms with Crippen LogP contribution in [0.15, 0.2) is 0 Å². The molecule has 1 aliphatic carbocycles. The Morgan fingerprint density at radius 3 is 2.94 bits per heavy atom. The number of methoxy groups -OCH3 is 1. The van der Waals surface area contributed by atoms with Gasteiger partial charge < -0.3 is 14.6 Å². The largest absolute Gasteiger partial charge is 0.468 e. The molecule has 1 heterocycles. The first-order valence-corrected chi connectivity index (χ1v) is 5.80. The van der Waals surface area contributed by atoms with Crippen molar-refractivity contribution >= 4 is 5.97 Å². The van der Waals surface area contributed by atoms with E-state index in [2.05, 4.69) is 0 Å². The van der Waals surface area contributed by atoms with Gasteiger partial charge in [0.05, 0.1) is 33.0 Å². The SMILES string of the molecule is COC(=O)C(C1CC1)N1CCOCC1CO. The molecule has 2 aliphatic rings. The summed E-state index contributed by atoms with van der Waals surface area (Å²) in [6, 6.07) is -0.260. The van der Waals surface area contributed by atoms with Crippen molar-refractivity contribution < 1.29 is 19.4 Å². The molecule has 0 bridgehead atoms. The lowest BCUT2D eigenvalue weighted by Gasteiger charge is -2.38. The third-order valence-corrected chi connectivity index (χ3v) is 3.35. The number of hydrogen-bond donors (Lipinski definition) is 1. The Morgan fingerprint density at radius 1 is 1.62 bits per heavy atom. The molecule has 1 saturated heterocycles. The van der Waals surface area contributed by atoms with E-state index in [4.69, 9.17) is 9.47 Å². The fourth-order valence-corrected chi connectivity index (χ4v) is 2.32. The average molecular weight is 229 g/mol. The van der Waals surface area contributed by atoms with Gasteiger partial charge in [0, 0.05) is 6.54 Å². The molecule has 92 valence electrons. The van der Waals surface area contributed by atoms with Gasteiger partial charge in [-0.25, -0.2) is 0 Å². The van der Waals surface area contributed by atoms with Crippen LogP contribution in [0.25, 0.3) is 0 Å². The highest BCUT2D eigenvalue weighted by Gasteiger charge is 2.43. The van der Waals surface area contributed by atoms with Crippen LogP contribution in [0, 0.1) is 5.92 Å². The molecule has 5 nitrogen and oxygen atoms in total. The molecule has 5 heteroatoms. The molecule has 0 aromatic rings. The summed E-state index contributed by atoms with van der Waals surface area (Å²) < 4.78 is 10.2. The van der Waals surface area contributed by atoms with Gasteiger partial charge in [0.2, 0.25) is 0 Å². The predicted molar refractivity (Wildman–Crippen MR) is 56.9 cm³/mol. The Hall–Kier alpha value is -0.650. The highest BCUT2D eigenvalue weighted by atomic mass is 16.5. The van der Waals surface area contributed by atoms with Crippen molar-refractivity contribution in [3.8, 4) is 0 Å². The van der Waals surface area contributed by atoms with Crippen LogP contribution in [0.1, 0.15) is 12.8 Å². The number of aliphatic hydroxyl groups excluding tert-OH is 1. The Balaban J connectivity index is 2.07. The molecule has 16 heavy (non-hydrogen) atoms. The lowest BCUT2D eigenvalue weighted by Crippen LogP contribution is -2.56. The highest BCUT2D eigenvalue weighted by Crippen LogP contribution is 2.37. The topological polar surface area (TPSA) is 59.0 Å². The van der Waals surface area contributed by atoms with E-state index in [0.717, 1.165) is 12.8 Å². The molecule has 0 radical (unpaired) electrons. The van der Waals surface area contributed by atoms with E-state index < -0.39 is 0 Å². The van der Waals surface area contributed by atoms with Gasteiger partial charge in [-0.15, -0.1) is 0 Å². The molecule has 1 N–H and O–H groups in total. The molecule has 1 aliphatic heterocycles. The number of carbonyl (C=O) groups excluding carboxylic acids is 1. The van der Waals surface area contributed by atoms with Crippen LogP contribution >= 0.6 is 0 Å². The summed E-state index contributed by atoms with van der Waals surface area (Å²) in [4.78, 5) is 13.8. The van der Waals surface area contributed by atoms with E-state index >= 15 is 0 Å². The van der Waals surface area contributed by atoms with E-state index in [1.807, 2.05) is 4.90 Å². The number of aliphatic hydroxyl groups is 1. The van der Waals surface area contributed by atoms with E-state index in [1.165, 1.54) is 7.11 Å². The van der Waals surface area contributed by atoms with E-state index in [1.54, 1.807) is 0 Å². The number of carbonyl (C=O) groups is 1. The Bertz CT molecular complexity index is 254. The third kappa shape index (κ3) is 2.36. The van der Waals surface area contributed by atoms with E-state index in [9.17, 15) is 9.90 Å². The zero-order chi connectivity index (χ0) is 11.5. The van der Waals surface area contributed by atoms with Crippen LogP contribution in [0.4, 0.5) is 0 Å². The Morgan fingerprint density at radius 2 is 2.38 bits per heavy atom. The van der Waals surface area contributed by atoms with E-state index in [0.29, 0.717) is 25.7 Å². The summed E-state index contributed by atoms with van der Waals surface area (Å²) in [5.74, 6) is 0.224. The normalized spacial score (nSPS) is 28.8. The van der Waals surface area contributed by atoms with Gasteiger partial charge in [-0.2, -0.15) is 0 Å². The molecular weight excluding hydrogens is 210 g/mol. The molecule has 0 spiro atoms. The fraction of sp³-hybridized carbons (Fsp3) is 0.909. The minimum atomic E-state index is -0.189. The maximum Gasteiger partial charge on any atom is 0.323 e. The smallest absolute Gasteiger partial charge is 0.323 e. The fourth-order valence-electron chi connectivity index (χ4n) is 2.32. The van der Waals surface area contributed by atoms with Gasteiger partial charge >= 0.3 is 5.97 Å². The number of nitrogens with zero attached hydrogens (tertiary/aromatic N) is 1. The van der Waals surface area contributed by atoms with Crippen molar-refractivity contribution in [3.05, 3.63) is 0 Å². The van der Waals surface area contributed by atoms with Crippen LogP contribution in [-0.2, 0) is 14.3 Å². The van der Waals surface area contributed by atoms with E-state index in [-0.39, 0.29) is 24.7 Å². The van der Waals surface area contributed by atoms with Crippen molar-refractivity contribution in [2.45, 2.75) is 24.9 Å². The minimum absolute atomic E-state index is 0.0280. The van der Waals surface area contributed by atoms with Crippen molar-refractivity contribution in [2.75, 3.05) is 33.5 Å². The maximum absolute atomic E-state index is 11.8. The van der Waals surface area contributed by atoms with Crippen LogP contribution < -0.4 is 0 Å². The zero-order valence-corrected chi connectivity index (χ0v) is 9.59. The van der Waals surface area contributed by atoms with Crippen LogP contribution in [0.3, 0.4) is 0 Å². The van der Waals surface area contributed by atoms with Crippen LogP contribution in [0.5, 0.6) is 0 Å². The Labute approximate surface area is 95.3 Å². The first-order chi connectivity index (χ1) is 7.77. The number of ether oxygens (including phenoxy) is 2. The van der Waals surface area contributed by atoms with Gasteiger partial charge in [0.15, 0.2) is 0 Å². The van der Waals surface area contributed by atoms with Crippen LogP contribution in [-0.4, -0.2) is 61.5 Å². The lowest BCUT2D eigenvalue weighted by molar-refractivity contribution is -0.153. The highest BCUT2D eigenvalue weighted by molar-refractivity contribution is 5.76. The average Bonchev–Trinajstić information content (AvgIpc) is 3.14. The molecule has 2 rings (SSSR count). The summed E-state index contributed by atoms with van der Waals surface area (Å²) in [5.41, 5.74) is 0. The maximum atomic E-state index is 11.8. The molecule has 0 aromatic carbocycles. The second kappa shape index (κ2) is 5.12. The van der Waals surface area contributed by atoms with Gasteiger partial charge in [0.1, 0.15) is 6.04 Å². The number of rotatable bonds is 4. The van der Waals surface area contributed by atoms with Crippen molar-refractivity contribution in [1.29, 1.82) is 0 Å². The number of hydrogen-bond acceptors (Lipinski definition) is 5. The van der Waals surface area contributed by atoms with Crippen LogP contribution in [0.2, 0.25) is 0 Å². The molecule has 2 fully saturated rings. The van der Waals surface area contributed by atoms with Gasteiger partial charge in [-0.05, 0) is 18.8 Å². The summed E-state index contributed by atoms with van der Waals surface area (Å²) in [6.45, 7) is 1.84. The molecular formula is C11H19NO4. The Kier molecular flexibility index (Phi) is 3.78. The quantitative estimate of drug-likeness (QED) is 0.667.